The number of hydrogen-bond acceptors (Lipinski definition) is 9. The zero-order valence-corrected chi connectivity index (χ0v) is 18.7. The van der Waals surface area contributed by atoms with E-state index in [9.17, 15) is 20.0 Å². The molecule has 3 aromatic rings. The maximum atomic E-state index is 12.2. The number of thiazole rings is 1. The van der Waals surface area contributed by atoms with E-state index in [0.717, 1.165) is 5.56 Å². The van der Waals surface area contributed by atoms with Crippen LogP contribution in [-0.2, 0) is 16.0 Å². The molecule has 1 saturated heterocycles. The van der Waals surface area contributed by atoms with Crippen LogP contribution in [-0.4, -0.2) is 55.2 Å². The predicted octanol–water partition coefficient (Wildman–Crippen LogP) is 3.33. The Morgan fingerprint density at radius 2 is 2.00 bits per heavy atom. The van der Waals surface area contributed by atoms with Crippen molar-refractivity contribution in [2.75, 3.05) is 19.7 Å². The smallest absolute Gasteiger partial charge is 0.309 e. The van der Waals surface area contributed by atoms with Crippen LogP contribution in [0, 0.1) is 16.0 Å². The number of aromatic hydroxyl groups is 1. The minimum absolute atomic E-state index is 0.00739. The molecule has 32 heavy (non-hydrogen) atoms. The molecule has 0 bridgehead atoms. The van der Waals surface area contributed by atoms with E-state index in [-0.39, 0.29) is 29.5 Å². The number of nitrogens with zero attached hydrogens (tertiary/aromatic N) is 5. The number of piperidine rings is 1. The fourth-order valence-corrected chi connectivity index (χ4v) is 5.21. The second-order valence-electron chi connectivity index (χ2n) is 7.68. The summed E-state index contributed by atoms with van der Waals surface area (Å²) in [5.41, 5.74) is 0.827. The average Bonchev–Trinajstić information content (AvgIpc) is 3.34. The monoisotopic (exact) mass is 459 g/mol. The molecule has 0 saturated carbocycles. The molecule has 0 spiro atoms. The molecule has 2 aromatic heterocycles. The Hall–Kier alpha value is -3.05. The molecule has 1 aromatic carbocycles. The number of hydrogen-bond donors (Lipinski definition) is 1. The first-order valence-corrected chi connectivity index (χ1v) is 11.5. The molecule has 1 aliphatic heterocycles. The van der Waals surface area contributed by atoms with Crippen molar-refractivity contribution >= 4 is 28.0 Å². The Balaban J connectivity index is 1.68. The number of carbonyl (C=O) groups is 1. The zero-order valence-electron chi connectivity index (χ0n) is 17.9. The van der Waals surface area contributed by atoms with Gasteiger partial charge in [0, 0.05) is 18.6 Å². The molecule has 1 unspecified atom stereocenters. The summed E-state index contributed by atoms with van der Waals surface area (Å²) in [5, 5.41) is 26.4. The van der Waals surface area contributed by atoms with E-state index in [1.165, 1.54) is 28.0 Å². The Morgan fingerprint density at radius 1 is 1.31 bits per heavy atom. The summed E-state index contributed by atoms with van der Waals surface area (Å²) in [4.78, 5) is 30.7. The number of nitro groups is 1. The zero-order chi connectivity index (χ0) is 22.8. The van der Waals surface area contributed by atoms with E-state index in [0.29, 0.717) is 54.6 Å². The molecule has 1 aliphatic rings. The van der Waals surface area contributed by atoms with E-state index in [1.54, 1.807) is 19.1 Å². The highest BCUT2D eigenvalue weighted by molar-refractivity contribution is 7.17. The number of esters is 1. The van der Waals surface area contributed by atoms with Crippen molar-refractivity contribution in [3.05, 3.63) is 50.6 Å². The Bertz CT molecular complexity index is 1120. The van der Waals surface area contributed by atoms with Gasteiger partial charge >= 0.3 is 5.97 Å². The molecule has 4 rings (SSSR count). The maximum absolute atomic E-state index is 12.2. The van der Waals surface area contributed by atoms with Gasteiger partial charge in [0.1, 0.15) is 0 Å². The molecule has 10 nitrogen and oxygen atoms in total. The Kier molecular flexibility index (Phi) is 6.38. The third kappa shape index (κ3) is 4.17. The molecular weight excluding hydrogens is 434 g/mol. The van der Waals surface area contributed by atoms with E-state index < -0.39 is 4.92 Å². The van der Waals surface area contributed by atoms with Gasteiger partial charge in [0.25, 0.3) is 5.69 Å². The molecule has 3 heterocycles. The lowest BCUT2D eigenvalue weighted by Gasteiger charge is -2.36. The van der Waals surface area contributed by atoms with Crippen molar-refractivity contribution in [2.24, 2.45) is 5.92 Å². The first kappa shape index (κ1) is 22.2. The van der Waals surface area contributed by atoms with Gasteiger partial charge in [-0.2, -0.15) is 4.52 Å². The number of aryl methyl sites for hydroxylation is 1. The van der Waals surface area contributed by atoms with Crippen molar-refractivity contribution in [3.63, 3.8) is 0 Å². The quantitative estimate of drug-likeness (QED) is 0.324. The number of rotatable bonds is 7. The highest BCUT2D eigenvalue weighted by atomic mass is 32.1. The fourth-order valence-electron chi connectivity index (χ4n) is 4.08. The van der Waals surface area contributed by atoms with Gasteiger partial charge in [-0.05, 0) is 38.4 Å². The predicted molar refractivity (Wildman–Crippen MR) is 118 cm³/mol. The maximum Gasteiger partial charge on any atom is 0.309 e. The number of fused-ring (bicyclic) bond motifs is 1. The highest BCUT2D eigenvalue weighted by Crippen LogP contribution is 2.41. The minimum atomic E-state index is -0.434. The molecule has 1 atom stereocenters. The lowest BCUT2D eigenvalue weighted by atomic mass is 9.93. The van der Waals surface area contributed by atoms with Crippen LogP contribution in [0.3, 0.4) is 0 Å². The van der Waals surface area contributed by atoms with Gasteiger partial charge in [0.15, 0.2) is 5.82 Å². The molecule has 0 amide bonds. The third-order valence-electron chi connectivity index (χ3n) is 5.74. The van der Waals surface area contributed by atoms with Crippen LogP contribution in [0.15, 0.2) is 24.3 Å². The SMILES string of the molecule is CCOC(=O)C1CCN(C(c2ccc([N+](=O)[O-])cc2)c2sc3nc(CC)nn3c2O)CC1. The van der Waals surface area contributed by atoms with Crippen LogP contribution >= 0.6 is 11.3 Å². The first-order chi connectivity index (χ1) is 15.4. The average molecular weight is 460 g/mol. The summed E-state index contributed by atoms with van der Waals surface area (Å²) in [6.45, 7) is 5.35. The number of aromatic nitrogens is 3. The van der Waals surface area contributed by atoms with Gasteiger partial charge < -0.3 is 9.84 Å². The van der Waals surface area contributed by atoms with Gasteiger partial charge in [0.2, 0.25) is 10.8 Å². The summed E-state index contributed by atoms with van der Waals surface area (Å²) in [5.74, 6) is 0.354. The number of benzene rings is 1. The molecule has 170 valence electrons. The van der Waals surface area contributed by atoms with Crippen LogP contribution in [0.2, 0.25) is 0 Å². The van der Waals surface area contributed by atoms with Crippen LogP contribution in [0.25, 0.3) is 4.96 Å². The second kappa shape index (κ2) is 9.21. The number of likely N-dealkylation sites (tertiary alicyclic amines) is 1. The molecule has 0 aliphatic carbocycles. The minimum Gasteiger partial charge on any atom is -0.492 e. The molecule has 0 radical (unpaired) electrons. The topological polar surface area (TPSA) is 123 Å². The summed E-state index contributed by atoms with van der Waals surface area (Å²) in [6.07, 6.45) is 1.95. The lowest BCUT2D eigenvalue weighted by molar-refractivity contribution is -0.384. The van der Waals surface area contributed by atoms with Gasteiger partial charge in [-0.1, -0.05) is 30.4 Å². The molecular formula is C21H25N5O5S. The van der Waals surface area contributed by atoms with E-state index >= 15 is 0 Å². The number of non-ortho nitro benzene ring substituents is 1. The van der Waals surface area contributed by atoms with Crippen molar-refractivity contribution < 1.29 is 19.6 Å². The number of carbonyl (C=O) groups excluding carboxylic acids is 1. The van der Waals surface area contributed by atoms with E-state index in [2.05, 4.69) is 15.0 Å². The van der Waals surface area contributed by atoms with Crippen molar-refractivity contribution in [2.45, 2.75) is 39.2 Å². The second-order valence-corrected chi connectivity index (χ2v) is 8.69. The lowest BCUT2D eigenvalue weighted by Crippen LogP contribution is -2.39. The van der Waals surface area contributed by atoms with Crippen LogP contribution in [0.5, 0.6) is 5.88 Å². The van der Waals surface area contributed by atoms with Gasteiger partial charge in [0.05, 0.1) is 28.4 Å². The van der Waals surface area contributed by atoms with Crippen LogP contribution < -0.4 is 0 Å². The van der Waals surface area contributed by atoms with Crippen LogP contribution in [0.1, 0.15) is 49.0 Å². The molecule has 1 N–H and O–H groups in total. The van der Waals surface area contributed by atoms with Crippen molar-refractivity contribution in [3.8, 4) is 5.88 Å². The summed E-state index contributed by atoms with van der Waals surface area (Å²) < 4.78 is 6.62. The summed E-state index contributed by atoms with van der Waals surface area (Å²) >= 11 is 1.35. The largest absolute Gasteiger partial charge is 0.492 e. The Morgan fingerprint density at radius 3 is 2.56 bits per heavy atom. The fraction of sp³-hybridized carbons (Fsp3) is 0.476. The highest BCUT2D eigenvalue weighted by Gasteiger charge is 2.34. The molecule has 11 heteroatoms. The van der Waals surface area contributed by atoms with E-state index in [1.807, 2.05) is 6.92 Å². The standard InChI is InChI=1S/C21H25N5O5S/c1-3-16-22-21-25(23-16)19(27)18(32-21)17(13-5-7-15(8-6-13)26(29)30)24-11-9-14(10-12-24)20(28)31-4-2/h5-8,14,17,27H,3-4,9-12H2,1-2H3. The summed E-state index contributed by atoms with van der Waals surface area (Å²) in [7, 11) is 0. The number of nitro benzene ring substituents is 1. The molecule has 1 fully saturated rings. The van der Waals surface area contributed by atoms with Gasteiger partial charge in [-0.15, -0.1) is 5.10 Å². The van der Waals surface area contributed by atoms with Crippen molar-refractivity contribution in [1.82, 2.24) is 19.5 Å². The first-order valence-electron chi connectivity index (χ1n) is 10.6. The number of ether oxygens (including phenoxy) is 1. The summed E-state index contributed by atoms with van der Waals surface area (Å²) in [6, 6.07) is 6.03. The van der Waals surface area contributed by atoms with Gasteiger partial charge in [-0.25, -0.2) is 4.98 Å². The van der Waals surface area contributed by atoms with E-state index in [4.69, 9.17) is 4.74 Å². The van der Waals surface area contributed by atoms with Crippen molar-refractivity contribution in [1.29, 1.82) is 0 Å². The normalized spacial score (nSPS) is 16.3. The van der Waals surface area contributed by atoms with Crippen LogP contribution in [0.4, 0.5) is 5.69 Å². The van der Waals surface area contributed by atoms with Gasteiger partial charge in [-0.3, -0.25) is 19.8 Å². The Labute approximate surface area is 188 Å². The third-order valence-corrected chi connectivity index (χ3v) is 6.81.